The standard InChI is InChI=1S/C14H24BrN3O/c1-4-17(5-2)8-6-16-7-9-18-11-13(15)10-12(3)14(18)19/h10-11,16H,4-9H2,1-3H3. The third kappa shape index (κ3) is 5.47. The van der Waals surface area contributed by atoms with Crippen LogP contribution in [0.15, 0.2) is 21.5 Å². The fourth-order valence-electron chi connectivity index (χ4n) is 2.01. The molecule has 0 unspecified atom stereocenters. The smallest absolute Gasteiger partial charge is 0.253 e. The van der Waals surface area contributed by atoms with Crippen LogP contribution < -0.4 is 10.9 Å². The summed E-state index contributed by atoms with van der Waals surface area (Å²) < 4.78 is 2.71. The molecule has 1 aromatic rings. The lowest BCUT2D eigenvalue weighted by atomic mass is 10.3. The Labute approximate surface area is 123 Å². The molecule has 0 atom stereocenters. The lowest BCUT2D eigenvalue weighted by Crippen LogP contribution is -2.34. The quantitative estimate of drug-likeness (QED) is 0.739. The molecule has 108 valence electrons. The Morgan fingerprint density at radius 3 is 2.63 bits per heavy atom. The number of rotatable bonds is 8. The van der Waals surface area contributed by atoms with Gasteiger partial charge in [0.05, 0.1) is 0 Å². The summed E-state index contributed by atoms with van der Waals surface area (Å²) in [6, 6.07) is 1.85. The first-order valence-electron chi connectivity index (χ1n) is 6.88. The van der Waals surface area contributed by atoms with E-state index in [9.17, 15) is 4.79 Å². The molecule has 0 bridgehead atoms. The van der Waals surface area contributed by atoms with Gasteiger partial charge in [-0.25, -0.2) is 0 Å². The van der Waals surface area contributed by atoms with Crippen molar-refractivity contribution < 1.29 is 0 Å². The number of likely N-dealkylation sites (N-methyl/N-ethyl adjacent to an activating group) is 1. The van der Waals surface area contributed by atoms with Crippen LogP contribution in [0, 0.1) is 6.92 Å². The van der Waals surface area contributed by atoms with E-state index in [2.05, 4.69) is 40.0 Å². The molecule has 0 aromatic carbocycles. The number of aromatic nitrogens is 1. The van der Waals surface area contributed by atoms with Gasteiger partial charge >= 0.3 is 0 Å². The van der Waals surface area contributed by atoms with Crippen molar-refractivity contribution >= 4 is 15.9 Å². The topological polar surface area (TPSA) is 37.3 Å². The number of halogens is 1. The molecule has 1 N–H and O–H groups in total. The van der Waals surface area contributed by atoms with Crippen molar-refractivity contribution in [2.75, 3.05) is 32.7 Å². The lowest BCUT2D eigenvalue weighted by Gasteiger charge is -2.18. The Morgan fingerprint density at radius 2 is 2.00 bits per heavy atom. The molecule has 5 heteroatoms. The Hall–Kier alpha value is -0.650. The maximum atomic E-state index is 11.9. The van der Waals surface area contributed by atoms with Crippen LogP contribution in [0.2, 0.25) is 0 Å². The highest BCUT2D eigenvalue weighted by Crippen LogP contribution is 2.07. The largest absolute Gasteiger partial charge is 0.314 e. The molecular formula is C14H24BrN3O. The molecule has 0 amide bonds. The summed E-state index contributed by atoms with van der Waals surface area (Å²) in [5.74, 6) is 0. The molecule has 1 aromatic heterocycles. The Balaban J connectivity index is 2.36. The highest BCUT2D eigenvalue weighted by Gasteiger charge is 2.02. The van der Waals surface area contributed by atoms with Crippen LogP contribution >= 0.6 is 15.9 Å². The minimum Gasteiger partial charge on any atom is -0.314 e. The average molecular weight is 330 g/mol. The van der Waals surface area contributed by atoms with E-state index in [4.69, 9.17) is 0 Å². The predicted octanol–water partition coefficient (Wildman–Crippen LogP) is 1.85. The van der Waals surface area contributed by atoms with Gasteiger partial charge < -0.3 is 14.8 Å². The Bertz CT molecular complexity index is 441. The maximum absolute atomic E-state index is 11.9. The number of hydrogen-bond donors (Lipinski definition) is 1. The fourth-order valence-corrected chi connectivity index (χ4v) is 2.60. The van der Waals surface area contributed by atoms with E-state index in [1.165, 1.54) is 0 Å². The number of nitrogens with zero attached hydrogens (tertiary/aromatic N) is 2. The number of nitrogens with one attached hydrogen (secondary N) is 1. The SMILES string of the molecule is CCN(CC)CCNCCn1cc(Br)cc(C)c1=O. The summed E-state index contributed by atoms with van der Waals surface area (Å²) in [6.07, 6.45) is 1.85. The van der Waals surface area contributed by atoms with E-state index in [1.54, 1.807) is 4.57 Å². The van der Waals surface area contributed by atoms with Gasteiger partial charge in [-0.3, -0.25) is 4.79 Å². The third-order valence-corrected chi connectivity index (χ3v) is 3.69. The Kier molecular flexibility index (Phi) is 7.34. The van der Waals surface area contributed by atoms with E-state index >= 15 is 0 Å². The highest BCUT2D eigenvalue weighted by molar-refractivity contribution is 9.10. The monoisotopic (exact) mass is 329 g/mol. The normalized spacial score (nSPS) is 11.2. The zero-order valence-corrected chi connectivity index (χ0v) is 13.7. The van der Waals surface area contributed by atoms with Crippen molar-refractivity contribution in [2.45, 2.75) is 27.3 Å². The molecule has 0 saturated carbocycles. The van der Waals surface area contributed by atoms with Crippen LogP contribution in [0.4, 0.5) is 0 Å². The van der Waals surface area contributed by atoms with E-state index < -0.39 is 0 Å². The first kappa shape index (κ1) is 16.4. The van der Waals surface area contributed by atoms with Gasteiger partial charge in [-0.1, -0.05) is 13.8 Å². The van der Waals surface area contributed by atoms with Gasteiger partial charge in [0.1, 0.15) is 0 Å². The summed E-state index contributed by atoms with van der Waals surface area (Å²) >= 11 is 3.42. The molecule has 4 nitrogen and oxygen atoms in total. The summed E-state index contributed by atoms with van der Waals surface area (Å²) in [5.41, 5.74) is 0.867. The van der Waals surface area contributed by atoms with Gasteiger partial charge in [0.25, 0.3) is 5.56 Å². The van der Waals surface area contributed by atoms with E-state index in [1.807, 2.05) is 19.2 Å². The van der Waals surface area contributed by atoms with Crippen molar-refractivity contribution in [3.63, 3.8) is 0 Å². The van der Waals surface area contributed by atoms with Crippen molar-refractivity contribution in [2.24, 2.45) is 0 Å². The molecule has 1 rings (SSSR count). The van der Waals surface area contributed by atoms with E-state index in [-0.39, 0.29) is 5.56 Å². The van der Waals surface area contributed by atoms with Gasteiger partial charge in [-0.2, -0.15) is 0 Å². The molecule has 0 aliphatic heterocycles. The molecule has 0 saturated heterocycles. The zero-order chi connectivity index (χ0) is 14.3. The summed E-state index contributed by atoms with van der Waals surface area (Å²) in [6.45, 7) is 11.9. The summed E-state index contributed by atoms with van der Waals surface area (Å²) in [5, 5.41) is 3.38. The third-order valence-electron chi connectivity index (χ3n) is 3.26. The predicted molar refractivity (Wildman–Crippen MR) is 83.8 cm³/mol. The van der Waals surface area contributed by atoms with E-state index in [0.29, 0.717) is 6.54 Å². The van der Waals surface area contributed by atoms with Crippen LogP contribution in [0.5, 0.6) is 0 Å². The second-order valence-corrected chi connectivity index (χ2v) is 5.53. The second kappa shape index (κ2) is 8.51. The molecule has 0 radical (unpaired) electrons. The first-order valence-corrected chi connectivity index (χ1v) is 7.67. The minimum absolute atomic E-state index is 0.0914. The van der Waals surface area contributed by atoms with Crippen LogP contribution in [0.3, 0.4) is 0 Å². The number of hydrogen-bond acceptors (Lipinski definition) is 3. The van der Waals surface area contributed by atoms with Gasteiger partial charge in [0.15, 0.2) is 0 Å². The van der Waals surface area contributed by atoms with Crippen LogP contribution in [0.1, 0.15) is 19.4 Å². The zero-order valence-electron chi connectivity index (χ0n) is 12.1. The van der Waals surface area contributed by atoms with E-state index in [0.717, 1.165) is 42.8 Å². The molecule has 0 aliphatic carbocycles. The van der Waals surface area contributed by atoms with Gasteiger partial charge in [-0.05, 0) is 42.0 Å². The second-order valence-electron chi connectivity index (χ2n) is 4.62. The highest BCUT2D eigenvalue weighted by atomic mass is 79.9. The molecule has 19 heavy (non-hydrogen) atoms. The Morgan fingerprint density at radius 1 is 1.32 bits per heavy atom. The number of pyridine rings is 1. The summed E-state index contributed by atoms with van der Waals surface area (Å²) in [4.78, 5) is 14.3. The first-order chi connectivity index (χ1) is 9.08. The minimum atomic E-state index is 0.0914. The molecule has 0 spiro atoms. The van der Waals surface area contributed by atoms with Gasteiger partial charge in [0, 0.05) is 42.4 Å². The summed E-state index contributed by atoms with van der Waals surface area (Å²) in [7, 11) is 0. The van der Waals surface area contributed by atoms with Crippen molar-refractivity contribution in [1.29, 1.82) is 0 Å². The molecule has 0 fully saturated rings. The fraction of sp³-hybridized carbons (Fsp3) is 0.643. The lowest BCUT2D eigenvalue weighted by molar-refractivity contribution is 0.302. The van der Waals surface area contributed by atoms with Crippen molar-refractivity contribution in [3.05, 3.63) is 32.7 Å². The van der Waals surface area contributed by atoms with Gasteiger partial charge in [-0.15, -0.1) is 0 Å². The molecule has 1 heterocycles. The maximum Gasteiger partial charge on any atom is 0.253 e. The van der Waals surface area contributed by atoms with Crippen LogP contribution in [-0.2, 0) is 6.54 Å². The number of aryl methyl sites for hydroxylation is 1. The van der Waals surface area contributed by atoms with Gasteiger partial charge in [0.2, 0.25) is 0 Å². The molecule has 0 aliphatic rings. The van der Waals surface area contributed by atoms with Crippen LogP contribution in [0.25, 0.3) is 0 Å². The van der Waals surface area contributed by atoms with Crippen molar-refractivity contribution in [3.8, 4) is 0 Å². The molecular weight excluding hydrogens is 306 g/mol. The van der Waals surface area contributed by atoms with Crippen molar-refractivity contribution in [1.82, 2.24) is 14.8 Å². The average Bonchev–Trinajstić information content (AvgIpc) is 2.39. The van der Waals surface area contributed by atoms with Crippen LogP contribution in [-0.4, -0.2) is 42.2 Å².